The topological polar surface area (TPSA) is 108 Å². The molecular weight excluding hydrogens is 365 g/mol. The number of aromatic hydroxyl groups is 1. The summed E-state index contributed by atoms with van der Waals surface area (Å²) in [6.07, 6.45) is 1.80. The maximum atomic E-state index is 9.46. The third-order valence-corrected chi connectivity index (χ3v) is 3.29. The predicted octanol–water partition coefficient (Wildman–Crippen LogP) is 0.119. The molecule has 0 fully saturated rings. The van der Waals surface area contributed by atoms with Crippen LogP contribution in [0.2, 0.25) is 0 Å². The number of phenolic OH excluding ortho intramolecular Hbond substituents is 1. The standard InChI is InChI=1S/C18H14NO.Na.H2O4S/c20-16-11-9-15(10-12-16)18(14-6-2-1-3-7-14)17-8-4-5-13-19-17;;1-5(2,3)4/h2-13,18,20H;;(H2,1,2,3,4)/q-1;+1;. The van der Waals surface area contributed by atoms with E-state index in [9.17, 15) is 5.11 Å². The Morgan fingerprint density at radius 3 is 1.92 bits per heavy atom. The number of aromatic nitrogens is 1. The minimum Gasteiger partial charge on any atom is -0.508 e. The van der Waals surface area contributed by atoms with Crippen molar-refractivity contribution in [1.29, 1.82) is 0 Å². The number of benzene rings is 2. The molecule has 1 heterocycles. The van der Waals surface area contributed by atoms with Crippen molar-refractivity contribution in [1.82, 2.24) is 4.98 Å². The molecule has 26 heavy (non-hydrogen) atoms. The van der Waals surface area contributed by atoms with Crippen LogP contribution in [0.5, 0.6) is 5.75 Å². The summed E-state index contributed by atoms with van der Waals surface area (Å²) in [6, 6.07) is 24.2. The first-order valence-corrected chi connectivity index (χ1v) is 8.60. The molecule has 0 aliphatic rings. The number of nitrogens with zero attached hydrogens (tertiary/aromatic N) is 1. The van der Waals surface area contributed by atoms with E-state index in [1.807, 2.05) is 54.6 Å². The van der Waals surface area contributed by atoms with Crippen LogP contribution in [0.1, 0.15) is 22.7 Å². The van der Waals surface area contributed by atoms with E-state index in [2.05, 4.69) is 11.1 Å². The largest absolute Gasteiger partial charge is 1.00 e. The third-order valence-electron chi connectivity index (χ3n) is 3.29. The molecular formula is C18H16NNaO5S. The Labute approximate surface area is 174 Å². The molecule has 3 aromatic rings. The van der Waals surface area contributed by atoms with Gasteiger partial charge in [0.2, 0.25) is 0 Å². The molecule has 3 rings (SSSR count). The fraction of sp³-hybridized carbons (Fsp3) is 0.0556. The number of phenols is 1. The summed E-state index contributed by atoms with van der Waals surface area (Å²) >= 11 is 0. The van der Waals surface area contributed by atoms with Gasteiger partial charge in [-0.1, -0.05) is 18.2 Å². The van der Waals surface area contributed by atoms with E-state index in [4.69, 9.17) is 17.5 Å². The average molecular weight is 381 g/mol. The van der Waals surface area contributed by atoms with E-state index in [0.29, 0.717) is 0 Å². The zero-order valence-corrected chi connectivity index (χ0v) is 16.8. The minimum atomic E-state index is -4.67. The Morgan fingerprint density at radius 2 is 1.42 bits per heavy atom. The molecule has 3 N–H and O–H groups in total. The second kappa shape index (κ2) is 10.4. The van der Waals surface area contributed by atoms with Gasteiger partial charge >= 0.3 is 40.0 Å². The van der Waals surface area contributed by atoms with Gasteiger partial charge in [-0.2, -0.15) is 38.7 Å². The molecule has 0 radical (unpaired) electrons. The summed E-state index contributed by atoms with van der Waals surface area (Å²) in [7, 11) is -4.67. The second-order valence-electron chi connectivity index (χ2n) is 5.06. The van der Waals surface area contributed by atoms with Gasteiger partial charge in [-0.15, -0.1) is 5.56 Å². The van der Waals surface area contributed by atoms with Crippen LogP contribution in [0.25, 0.3) is 0 Å². The van der Waals surface area contributed by atoms with Gasteiger partial charge in [-0.3, -0.25) is 14.1 Å². The summed E-state index contributed by atoms with van der Waals surface area (Å²) in [5, 5.41) is 9.46. The van der Waals surface area contributed by atoms with Crippen LogP contribution in [0.4, 0.5) is 0 Å². The Balaban J connectivity index is 0.000000501. The Morgan fingerprint density at radius 1 is 0.885 bits per heavy atom. The molecule has 2 aromatic carbocycles. The van der Waals surface area contributed by atoms with E-state index in [-0.39, 0.29) is 41.2 Å². The van der Waals surface area contributed by atoms with Gasteiger partial charge in [0.1, 0.15) is 5.75 Å². The van der Waals surface area contributed by atoms with Gasteiger partial charge in [0.25, 0.3) is 0 Å². The summed E-state index contributed by atoms with van der Waals surface area (Å²) in [6.45, 7) is 0. The van der Waals surface area contributed by atoms with Crippen LogP contribution >= 0.6 is 0 Å². The van der Waals surface area contributed by atoms with Crippen molar-refractivity contribution in [3.05, 3.63) is 95.8 Å². The van der Waals surface area contributed by atoms with Gasteiger partial charge in [0.15, 0.2) is 0 Å². The Bertz CT molecular complexity index is 840. The number of hydrogen-bond acceptors (Lipinski definition) is 4. The van der Waals surface area contributed by atoms with Crippen molar-refractivity contribution >= 4 is 10.4 Å². The van der Waals surface area contributed by atoms with Crippen LogP contribution in [0.3, 0.4) is 0 Å². The van der Waals surface area contributed by atoms with Gasteiger partial charge < -0.3 is 5.11 Å². The Hall–Kier alpha value is -1.74. The predicted molar refractivity (Wildman–Crippen MR) is 92.7 cm³/mol. The molecule has 6 nitrogen and oxygen atoms in total. The zero-order chi connectivity index (χ0) is 18.3. The summed E-state index contributed by atoms with van der Waals surface area (Å²) in [5.74, 6) is 0.335. The molecule has 1 atom stereocenters. The number of rotatable bonds is 3. The first kappa shape index (κ1) is 22.3. The maximum Gasteiger partial charge on any atom is 1.00 e. The van der Waals surface area contributed by atoms with Crippen LogP contribution in [-0.2, 0) is 10.4 Å². The van der Waals surface area contributed by atoms with Crippen molar-refractivity contribution < 1.29 is 52.2 Å². The normalized spacial score (nSPS) is 11.5. The number of pyridine rings is 1. The van der Waals surface area contributed by atoms with E-state index < -0.39 is 10.4 Å². The van der Waals surface area contributed by atoms with Crippen LogP contribution in [0, 0.1) is 6.07 Å². The fourth-order valence-electron chi connectivity index (χ4n) is 2.34. The molecule has 0 amide bonds. The molecule has 1 aromatic heterocycles. The maximum absolute atomic E-state index is 9.46. The molecule has 0 aliphatic heterocycles. The quantitative estimate of drug-likeness (QED) is 0.338. The molecule has 0 spiro atoms. The van der Waals surface area contributed by atoms with Crippen LogP contribution < -0.4 is 29.6 Å². The van der Waals surface area contributed by atoms with E-state index in [1.54, 1.807) is 18.3 Å². The average Bonchev–Trinajstić information content (AvgIpc) is 2.57. The molecule has 1 unspecified atom stereocenters. The van der Waals surface area contributed by atoms with Crippen LogP contribution in [-0.4, -0.2) is 27.6 Å². The van der Waals surface area contributed by atoms with E-state index in [0.717, 1.165) is 16.8 Å². The van der Waals surface area contributed by atoms with Crippen LogP contribution in [0.15, 0.2) is 72.9 Å². The van der Waals surface area contributed by atoms with Crippen molar-refractivity contribution in [2.24, 2.45) is 0 Å². The summed E-state index contributed by atoms with van der Waals surface area (Å²) in [4.78, 5) is 4.48. The molecule has 130 valence electrons. The van der Waals surface area contributed by atoms with Crippen molar-refractivity contribution in [3.63, 3.8) is 0 Å². The summed E-state index contributed by atoms with van der Waals surface area (Å²) < 4.78 is 31.6. The van der Waals surface area contributed by atoms with Crippen molar-refractivity contribution in [2.75, 3.05) is 0 Å². The second-order valence-corrected chi connectivity index (χ2v) is 5.96. The monoisotopic (exact) mass is 381 g/mol. The van der Waals surface area contributed by atoms with E-state index >= 15 is 0 Å². The summed E-state index contributed by atoms with van der Waals surface area (Å²) in [5.41, 5.74) is 3.25. The molecule has 0 saturated heterocycles. The SMILES string of the molecule is O=S(=O)(O)O.Oc1ccc(C(c2cc[c-]cc2)c2ccccn2)cc1.[Na+]. The van der Waals surface area contributed by atoms with Gasteiger partial charge in [-0.25, -0.2) is 0 Å². The molecule has 8 heteroatoms. The van der Waals surface area contributed by atoms with Gasteiger partial charge in [0, 0.05) is 12.1 Å². The first-order valence-electron chi connectivity index (χ1n) is 7.20. The Kier molecular flexibility index (Phi) is 8.94. The van der Waals surface area contributed by atoms with Gasteiger partial charge in [0.05, 0.1) is 5.69 Å². The smallest absolute Gasteiger partial charge is 0.508 e. The minimum absolute atomic E-state index is 0. The third kappa shape index (κ3) is 7.65. The molecule has 0 aliphatic carbocycles. The van der Waals surface area contributed by atoms with Gasteiger partial charge in [-0.05, 0) is 29.8 Å². The first-order chi connectivity index (χ1) is 11.8. The molecule has 0 saturated carbocycles. The molecule has 0 bridgehead atoms. The number of hydrogen-bond donors (Lipinski definition) is 3. The van der Waals surface area contributed by atoms with Crippen molar-refractivity contribution in [3.8, 4) is 5.75 Å². The zero-order valence-electron chi connectivity index (χ0n) is 14.0. The fourth-order valence-corrected chi connectivity index (χ4v) is 2.34. The van der Waals surface area contributed by atoms with Crippen molar-refractivity contribution in [2.45, 2.75) is 5.92 Å². The van der Waals surface area contributed by atoms with E-state index in [1.165, 1.54) is 0 Å².